The fourth-order valence-corrected chi connectivity index (χ4v) is 2.08. The summed E-state index contributed by atoms with van der Waals surface area (Å²) in [5, 5.41) is 15.9. The van der Waals surface area contributed by atoms with Gasteiger partial charge >= 0.3 is 6.18 Å². The summed E-state index contributed by atoms with van der Waals surface area (Å²) in [5.41, 5.74) is -0.435. The number of nitro groups is 1. The van der Waals surface area contributed by atoms with Crippen LogP contribution in [0.25, 0.3) is 0 Å². The van der Waals surface area contributed by atoms with Crippen LogP contribution in [-0.2, 0) is 0 Å². The summed E-state index contributed by atoms with van der Waals surface area (Å²) in [6.07, 6.45) is -4.60. The van der Waals surface area contributed by atoms with E-state index in [0.29, 0.717) is 0 Å². The Morgan fingerprint density at radius 2 is 1.88 bits per heavy atom. The van der Waals surface area contributed by atoms with Gasteiger partial charge < -0.3 is 15.4 Å². The summed E-state index contributed by atoms with van der Waals surface area (Å²) in [6, 6.07) is 8.65. The Hall–Kier alpha value is -2.95. The molecule has 2 rings (SSSR count). The predicted molar refractivity (Wildman–Crippen MR) is 90.9 cm³/mol. The van der Waals surface area contributed by atoms with Crippen molar-refractivity contribution < 1.29 is 27.2 Å². The average molecular weight is 389 g/mol. The molecule has 0 bridgehead atoms. The summed E-state index contributed by atoms with van der Waals surface area (Å²) >= 11 is 4.97. The van der Waals surface area contributed by atoms with Crippen LogP contribution in [0.2, 0.25) is 0 Å². The lowest BCUT2D eigenvalue weighted by Gasteiger charge is -2.13. The number of rotatable bonds is 5. The van der Waals surface area contributed by atoms with Crippen molar-refractivity contribution in [3.63, 3.8) is 0 Å². The summed E-state index contributed by atoms with van der Waals surface area (Å²) in [5.74, 6) is -0.947. The Balaban J connectivity index is 2.16. The normalized spacial score (nSPS) is 10.9. The molecular weight excluding hydrogens is 378 g/mol. The van der Waals surface area contributed by atoms with Gasteiger partial charge in [0.1, 0.15) is 11.6 Å². The molecule has 2 N–H and O–H groups in total. The van der Waals surface area contributed by atoms with Crippen LogP contribution >= 0.6 is 12.2 Å². The number of nitrogens with zero attached hydrogens (tertiary/aromatic N) is 1. The first kappa shape index (κ1) is 19.4. The molecule has 11 heteroatoms. The van der Waals surface area contributed by atoms with Crippen molar-refractivity contribution in [1.29, 1.82) is 0 Å². The quantitative estimate of drug-likeness (QED) is 0.340. The third-order valence-electron chi connectivity index (χ3n) is 2.88. The van der Waals surface area contributed by atoms with Gasteiger partial charge in [-0.25, -0.2) is 4.39 Å². The van der Waals surface area contributed by atoms with Crippen LogP contribution in [0.3, 0.4) is 0 Å². The van der Waals surface area contributed by atoms with Gasteiger partial charge in [0.25, 0.3) is 5.69 Å². The van der Waals surface area contributed by atoms with E-state index in [9.17, 15) is 27.7 Å². The van der Waals surface area contributed by atoms with Gasteiger partial charge in [-0.1, -0.05) is 12.1 Å². The molecule has 2 aromatic carbocycles. The molecule has 0 saturated heterocycles. The molecule has 0 aliphatic carbocycles. The molecule has 0 heterocycles. The summed E-state index contributed by atoms with van der Waals surface area (Å²) in [6.45, 7) is -1.61. The van der Waals surface area contributed by atoms with Crippen molar-refractivity contribution in [2.45, 2.75) is 6.18 Å². The summed E-state index contributed by atoms with van der Waals surface area (Å²) in [4.78, 5) is 10.1. The van der Waals surface area contributed by atoms with Crippen LogP contribution in [0.1, 0.15) is 0 Å². The molecule has 0 saturated carbocycles. The highest BCUT2D eigenvalue weighted by molar-refractivity contribution is 7.80. The van der Waals surface area contributed by atoms with E-state index >= 15 is 0 Å². The second-order valence-corrected chi connectivity index (χ2v) is 5.34. The molecular formula is C15H11F4N3O3S. The number of ether oxygens (including phenoxy) is 1. The number of anilines is 2. The SMILES string of the molecule is O=[N+]([O-])c1cc(NC(=S)Nc2ccccc2F)cc(OCC(F)(F)F)c1. The minimum Gasteiger partial charge on any atom is -0.484 e. The fourth-order valence-electron chi connectivity index (χ4n) is 1.86. The first-order chi connectivity index (χ1) is 12.1. The van der Waals surface area contributed by atoms with Crippen LogP contribution < -0.4 is 15.4 Å². The van der Waals surface area contributed by atoms with Gasteiger partial charge in [-0.15, -0.1) is 0 Å². The van der Waals surface area contributed by atoms with E-state index < -0.39 is 29.2 Å². The largest absolute Gasteiger partial charge is 0.484 e. The lowest BCUT2D eigenvalue weighted by molar-refractivity contribution is -0.384. The molecule has 26 heavy (non-hydrogen) atoms. The number of nitrogens with one attached hydrogen (secondary N) is 2. The maximum Gasteiger partial charge on any atom is 0.422 e. The Kier molecular flexibility index (Phi) is 5.93. The van der Waals surface area contributed by atoms with E-state index in [4.69, 9.17) is 12.2 Å². The first-order valence-electron chi connectivity index (χ1n) is 6.95. The maximum atomic E-state index is 13.6. The molecule has 0 amide bonds. The Bertz CT molecular complexity index is 830. The van der Waals surface area contributed by atoms with Crippen molar-refractivity contribution in [1.82, 2.24) is 0 Å². The van der Waals surface area contributed by atoms with Gasteiger partial charge in [0.15, 0.2) is 11.7 Å². The lowest BCUT2D eigenvalue weighted by Crippen LogP contribution is -2.21. The summed E-state index contributed by atoms with van der Waals surface area (Å²) < 4.78 is 54.8. The van der Waals surface area contributed by atoms with Crippen LogP contribution in [0.5, 0.6) is 5.75 Å². The van der Waals surface area contributed by atoms with E-state index in [1.165, 1.54) is 18.2 Å². The van der Waals surface area contributed by atoms with Crippen LogP contribution in [-0.4, -0.2) is 22.8 Å². The highest BCUT2D eigenvalue weighted by Crippen LogP contribution is 2.28. The smallest absolute Gasteiger partial charge is 0.422 e. The zero-order chi connectivity index (χ0) is 19.3. The number of hydrogen-bond acceptors (Lipinski definition) is 4. The molecule has 0 aliphatic heterocycles. The van der Waals surface area contributed by atoms with Crippen LogP contribution in [0, 0.1) is 15.9 Å². The zero-order valence-electron chi connectivity index (χ0n) is 12.8. The molecule has 0 aromatic heterocycles. The number of nitro benzene ring substituents is 1. The summed E-state index contributed by atoms with van der Waals surface area (Å²) in [7, 11) is 0. The minimum absolute atomic E-state index is 0.00483. The van der Waals surface area contributed by atoms with Gasteiger partial charge in [0.05, 0.1) is 22.4 Å². The Labute approximate surface area is 149 Å². The molecule has 0 spiro atoms. The number of hydrogen-bond donors (Lipinski definition) is 2. The van der Waals surface area contributed by atoms with Crippen molar-refractivity contribution in [2.75, 3.05) is 17.2 Å². The number of para-hydroxylation sites is 1. The van der Waals surface area contributed by atoms with Crippen LogP contribution in [0.4, 0.5) is 34.6 Å². The molecule has 6 nitrogen and oxygen atoms in total. The van der Waals surface area contributed by atoms with E-state index in [1.54, 1.807) is 6.07 Å². The van der Waals surface area contributed by atoms with E-state index in [0.717, 1.165) is 18.2 Å². The van der Waals surface area contributed by atoms with Gasteiger partial charge in [-0.2, -0.15) is 13.2 Å². The fraction of sp³-hybridized carbons (Fsp3) is 0.133. The second-order valence-electron chi connectivity index (χ2n) is 4.94. The third-order valence-corrected chi connectivity index (χ3v) is 3.09. The predicted octanol–water partition coefficient (Wildman–Crippen LogP) is 4.48. The van der Waals surface area contributed by atoms with E-state index in [-0.39, 0.29) is 22.2 Å². The number of halogens is 4. The van der Waals surface area contributed by atoms with Crippen molar-refractivity contribution in [3.8, 4) is 5.75 Å². The number of alkyl halides is 3. The van der Waals surface area contributed by atoms with Gasteiger partial charge in [0, 0.05) is 12.1 Å². The van der Waals surface area contributed by atoms with Crippen molar-refractivity contribution in [3.05, 3.63) is 58.4 Å². The highest BCUT2D eigenvalue weighted by atomic mass is 32.1. The molecule has 0 aliphatic rings. The van der Waals surface area contributed by atoms with E-state index in [2.05, 4.69) is 15.4 Å². The first-order valence-corrected chi connectivity index (χ1v) is 7.36. The molecule has 0 radical (unpaired) electrons. The lowest BCUT2D eigenvalue weighted by atomic mass is 10.2. The van der Waals surface area contributed by atoms with Crippen molar-refractivity contribution in [2.24, 2.45) is 0 Å². The van der Waals surface area contributed by atoms with Crippen molar-refractivity contribution >= 4 is 34.4 Å². The molecule has 2 aromatic rings. The number of non-ortho nitro benzene ring substituents is 1. The van der Waals surface area contributed by atoms with Crippen LogP contribution in [0.15, 0.2) is 42.5 Å². The molecule has 0 atom stereocenters. The second kappa shape index (κ2) is 7.95. The minimum atomic E-state index is -4.60. The zero-order valence-corrected chi connectivity index (χ0v) is 13.7. The highest BCUT2D eigenvalue weighted by Gasteiger charge is 2.28. The third kappa shape index (κ3) is 5.84. The average Bonchev–Trinajstić information content (AvgIpc) is 2.54. The van der Waals surface area contributed by atoms with E-state index in [1.807, 2.05) is 0 Å². The van der Waals surface area contributed by atoms with Gasteiger partial charge in [0.2, 0.25) is 0 Å². The monoisotopic (exact) mass is 389 g/mol. The Morgan fingerprint density at radius 3 is 2.50 bits per heavy atom. The van der Waals surface area contributed by atoms with Gasteiger partial charge in [-0.05, 0) is 24.4 Å². The standard InChI is InChI=1S/C15H11F4N3O3S/c16-12-3-1-2-4-13(12)21-14(26)20-9-5-10(22(23)24)7-11(6-9)25-8-15(17,18)19/h1-7H,8H2,(H2,20,21,26). The van der Waals surface area contributed by atoms with Gasteiger partial charge in [-0.3, -0.25) is 10.1 Å². The topological polar surface area (TPSA) is 76.4 Å². The Morgan fingerprint density at radius 1 is 1.19 bits per heavy atom. The molecule has 138 valence electrons. The molecule has 0 unspecified atom stereocenters. The number of benzene rings is 2. The molecule has 0 fully saturated rings. The number of thiocarbonyl (C=S) groups is 1. The maximum absolute atomic E-state index is 13.6.